The van der Waals surface area contributed by atoms with Gasteiger partial charge in [-0.25, -0.2) is 4.98 Å². The van der Waals surface area contributed by atoms with Crippen LogP contribution in [0.25, 0.3) is 0 Å². The third-order valence-electron chi connectivity index (χ3n) is 2.61. The van der Waals surface area contributed by atoms with Gasteiger partial charge in [0.25, 0.3) is 5.56 Å². The first kappa shape index (κ1) is 12.9. The molecule has 0 radical (unpaired) electrons. The lowest BCUT2D eigenvalue weighted by Gasteiger charge is -2.07. The van der Waals surface area contributed by atoms with Crippen LogP contribution in [0.3, 0.4) is 0 Å². The Balaban J connectivity index is 2.47. The van der Waals surface area contributed by atoms with Gasteiger partial charge in [0.05, 0.1) is 29.3 Å². The van der Waals surface area contributed by atoms with Crippen molar-refractivity contribution in [2.75, 3.05) is 5.73 Å². The lowest BCUT2D eigenvalue weighted by molar-refractivity contribution is 0.645. The van der Waals surface area contributed by atoms with Crippen LogP contribution in [0.1, 0.15) is 11.4 Å². The first-order chi connectivity index (χ1) is 8.41. The van der Waals surface area contributed by atoms with Crippen LogP contribution in [0, 0.1) is 6.92 Å². The molecule has 2 aromatic heterocycles. The topological polar surface area (TPSA) is 78.7 Å². The smallest absolute Gasteiger partial charge is 0.278 e. The van der Waals surface area contributed by atoms with E-state index in [2.05, 4.69) is 10.1 Å². The van der Waals surface area contributed by atoms with E-state index in [-0.39, 0.29) is 17.4 Å². The second-order valence-corrected chi connectivity index (χ2v) is 4.59. The van der Waals surface area contributed by atoms with Crippen molar-refractivity contribution < 1.29 is 0 Å². The van der Waals surface area contributed by atoms with Crippen LogP contribution in [-0.2, 0) is 13.6 Å². The molecule has 0 saturated heterocycles. The molecule has 0 spiro atoms. The zero-order valence-corrected chi connectivity index (χ0v) is 11.3. The Labute approximate surface area is 113 Å². The third-order valence-corrected chi connectivity index (χ3v) is 3.40. The molecule has 0 aliphatic carbocycles. The number of nitrogens with two attached hydrogens (primary N) is 1. The zero-order valence-electron chi connectivity index (χ0n) is 9.81. The van der Waals surface area contributed by atoms with E-state index in [1.54, 1.807) is 18.7 Å². The number of hydrogen-bond acceptors (Lipinski definition) is 4. The molecule has 2 heterocycles. The fourth-order valence-corrected chi connectivity index (χ4v) is 1.96. The van der Waals surface area contributed by atoms with Crippen LogP contribution >= 0.6 is 23.2 Å². The number of aryl methyl sites for hydroxylation is 2. The molecule has 8 heteroatoms. The molecule has 18 heavy (non-hydrogen) atoms. The summed E-state index contributed by atoms with van der Waals surface area (Å²) in [6, 6.07) is 0. The molecule has 0 bridgehead atoms. The monoisotopic (exact) mass is 287 g/mol. The van der Waals surface area contributed by atoms with Crippen molar-refractivity contribution in [1.82, 2.24) is 19.3 Å². The van der Waals surface area contributed by atoms with Crippen molar-refractivity contribution in [3.8, 4) is 0 Å². The van der Waals surface area contributed by atoms with E-state index < -0.39 is 5.56 Å². The van der Waals surface area contributed by atoms with E-state index in [1.807, 2.05) is 0 Å². The molecule has 0 atom stereocenters. The molecule has 96 valence electrons. The molecular weight excluding hydrogens is 277 g/mol. The van der Waals surface area contributed by atoms with Crippen LogP contribution in [0.2, 0.25) is 10.2 Å². The summed E-state index contributed by atoms with van der Waals surface area (Å²) in [5.74, 6) is 0. The van der Waals surface area contributed by atoms with Crippen LogP contribution in [0.5, 0.6) is 0 Å². The summed E-state index contributed by atoms with van der Waals surface area (Å²) in [6.45, 7) is 2.03. The molecule has 6 nitrogen and oxygen atoms in total. The maximum Gasteiger partial charge on any atom is 0.278 e. The summed E-state index contributed by atoms with van der Waals surface area (Å²) in [6.07, 6.45) is 1.33. The number of halogens is 2. The molecule has 0 unspecified atom stereocenters. The Morgan fingerprint density at radius 3 is 2.67 bits per heavy atom. The van der Waals surface area contributed by atoms with Crippen molar-refractivity contribution in [3.05, 3.63) is 38.2 Å². The first-order valence-electron chi connectivity index (χ1n) is 5.10. The highest BCUT2D eigenvalue weighted by Crippen LogP contribution is 2.20. The van der Waals surface area contributed by atoms with Crippen LogP contribution in [0.4, 0.5) is 5.69 Å². The van der Waals surface area contributed by atoms with Gasteiger partial charge < -0.3 is 5.73 Å². The van der Waals surface area contributed by atoms with Gasteiger partial charge >= 0.3 is 0 Å². The number of anilines is 1. The Bertz CT molecular complexity index is 661. The highest BCUT2D eigenvalue weighted by Gasteiger charge is 2.13. The van der Waals surface area contributed by atoms with Crippen molar-refractivity contribution in [3.63, 3.8) is 0 Å². The summed E-state index contributed by atoms with van der Waals surface area (Å²) in [5.41, 5.74) is 6.48. The standard InChI is InChI=1S/C10H11Cl2N5O/c1-5-7(11)6(16(2)15-5)3-17-4-14-9(12)8(13)10(17)18/h4H,3,13H2,1-2H3. The summed E-state index contributed by atoms with van der Waals surface area (Å²) < 4.78 is 2.96. The van der Waals surface area contributed by atoms with Gasteiger partial charge in [-0.3, -0.25) is 14.0 Å². The summed E-state index contributed by atoms with van der Waals surface area (Å²) in [4.78, 5) is 15.7. The van der Waals surface area contributed by atoms with E-state index in [1.165, 1.54) is 10.9 Å². The Kier molecular flexibility index (Phi) is 3.32. The predicted molar refractivity (Wildman–Crippen MR) is 70.0 cm³/mol. The molecule has 2 rings (SSSR count). The van der Waals surface area contributed by atoms with Gasteiger partial charge in [0.1, 0.15) is 5.69 Å². The van der Waals surface area contributed by atoms with Gasteiger partial charge in [0, 0.05) is 7.05 Å². The molecule has 0 fully saturated rings. The molecule has 0 amide bonds. The van der Waals surface area contributed by atoms with E-state index in [0.29, 0.717) is 16.4 Å². The van der Waals surface area contributed by atoms with E-state index in [0.717, 1.165) is 0 Å². The second kappa shape index (κ2) is 4.62. The minimum Gasteiger partial charge on any atom is -0.392 e. The lowest BCUT2D eigenvalue weighted by Crippen LogP contribution is -2.25. The minimum atomic E-state index is -0.398. The van der Waals surface area contributed by atoms with Crippen molar-refractivity contribution in [2.45, 2.75) is 13.5 Å². The highest BCUT2D eigenvalue weighted by molar-refractivity contribution is 6.32. The normalized spacial score (nSPS) is 10.9. The molecule has 0 aliphatic rings. The molecular formula is C10H11Cl2N5O. The van der Waals surface area contributed by atoms with E-state index in [9.17, 15) is 4.79 Å². The molecule has 0 aliphatic heterocycles. The van der Waals surface area contributed by atoms with Gasteiger partial charge in [-0.05, 0) is 6.92 Å². The molecule has 2 N–H and O–H groups in total. The molecule has 0 saturated carbocycles. The first-order valence-corrected chi connectivity index (χ1v) is 5.85. The number of rotatable bonds is 2. The number of aromatic nitrogens is 4. The van der Waals surface area contributed by atoms with Crippen LogP contribution < -0.4 is 11.3 Å². The maximum atomic E-state index is 11.9. The SMILES string of the molecule is Cc1nn(C)c(Cn2cnc(Cl)c(N)c2=O)c1Cl. The average Bonchev–Trinajstić information content (AvgIpc) is 2.56. The lowest BCUT2D eigenvalue weighted by atomic mass is 10.3. The quantitative estimate of drug-likeness (QED) is 0.843. The van der Waals surface area contributed by atoms with Crippen molar-refractivity contribution in [2.24, 2.45) is 7.05 Å². The van der Waals surface area contributed by atoms with Gasteiger partial charge in [-0.1, -0.05) is 23.2 Å². The van der Waals surface area contributed by atoms with Crippen molar-refractivity contribution in [1.29, 1.82) is 0 Å². The summed E-state index contributed by atoms with van der Waals surface area (Å²) in [5, 5.41) is 4.70. The van der Waals surface area contributed by atoms with Crippen LogP contribution in [-0.4, -0.2) is 19.3 Å². The predicted octanol–water partition coefficient (Wildman–Crippen LogP) is 1.22. The fraction of sp³-hybridized carbons (Fsp3) is 0.300. The summed E-state index contributed by atoms with van der Waals surface area (Å²) in [7, 11) is 1.76. The number of nitrogens with zero attached hydrogens (tertiary/aromatic N) is 4. The fourth-order valence-electron chi connectivity index (χ4n) is 1.61. The molecule has 2 aromatic rings. The van der Waals surface area contributed by atoms with Gasteiger partial charge in [0.2, 0.25) is 0 Å². The molecule has 0 aromatic carbocycles. The van der Waals surface area contributed by atoms with Crippen molar-refractivity contribution >= 4 is 28.9 Å². The Hall–Kier alpha value is -1.53. The van der Waals surface area contributed by atoms with Crippen LogP contribution in [0.15, 0.2) is 11.1 Å². The van der Waals surface area contributed by atoms with E-state index in [4.69, 9.17) is 28.9 Å². The number of nitrogen functional groups attached to an aromatic ring is 1. The van der Waals surface area contributed by atoms with E-state index >= 15 is 0 Å². The second-order valence-electron chi connectivity index (χ2n) is 3.85. The van der Waals surface area contributed by atoms with Gasteiger partial charge in [-0.2, -0.15) is 5.10 Å². The Morgan fingerprint density at radius 1 is 1.44 bits per heavy atom. The Morgan fingerprint density at radius 2 is 2.11 bits per heavy atom. The largest absolute Gasteiger partial charge is 0.392 e. The highest BCUT2D eigenvalue weighted by atomic mass is 35.5. The third kappa shape index (κ3) is 2.09. The summed E-state index contributed by atoms with van der Waals surface area (Å²) >= 11 is 11.8. The maximum absolute atomic E-state index is 11.9. The number of hydrogen-bond donors (Lipinski definition) is 1. The minimum absolute atomic E-state index is 0.00327. The average molecular weight is 288 g/mol. The van der Waals surface area contributed by atoms with Gasteiger partial charge in [0.15, 0.2) is 5.15 Å². The zero-order chi connectivity index (χ0) is 13.4. The van der Waals surface area contributed by atoms with Gasteiger partial charge in [-0.15, -0.1) is 0 Å².